The minimum Gasteiger partial charge on any atom is -0.0986 e. The Morgan fingerprint density at radius 3 is 1.38 bits per heavy atom. The summed E-state index contributed by atoms with van der Waals surface area (Å²) in [6.45, 7) is 4.18. The SMILES string of the molecule is C=C1[C@H](c2ccccc2)[C@H]1c1ccccc1. The standard InChI is InChI=1S/C16H14/c1-12-15(13-8-4-2-5-9-13)16(12)14-10-6-3-7-11-14/h2-11,15-16H,1H2/t15-,16-/m1/s1. The van der Waals surface area contributed by atoms with Gasteiger partial charge in [0.25, 0.3) is 0 Å². The summed E-state index contributed by atoms with van der Waals surface area (Å²) >= 11 is 0. The Kier molecular flexibility index (Phi) is 2.14. The van der Waals surface area contributed by atoms with Crippen molar-refractivity contribution in [3.63, 3.8) is 0 Å². The maximum atomic E-state index is 4.18. The van der Waals surface area contributed by atoms with Crippen LogP contribution in [0.5, 0.6) is 0 Å². The van der Waals surface area contributed by atoms with E-state index < -0.39 is 0 Å². The molecule has 0 nitrogen and oxygen atoms in total. The summed E-state index contributed by atoms with van der Waals surface area (Å²) in [5, 5.41) is 0. The van der Waals surface area contributed by atoms with Crippen molar-refractivity contribution in [2.24, 2.45) is 0 Å². The Hall–Kier alpha value is -1.82. The van der Waals surface area contributed by atoms with E-state index in [1.807, 2.05) is 0 Å². The number of benzene rings is 2. The Balaban J connectivity index is 1.90. The minimum atomic E-state index is 0.531. The van der Waals surface area contributed by atoms with Crippen LogP contribution in [0.2, 0.25) is 0 Å². The van der Waals surface area contributed by atoms with Gasteiger partial charge in [0, 0.05) is 11.8 Å². The van der Waals surface area contributed by atoms with Crippen molar-refractivity contribution in [2.45, 2.75) is 11.8 Å². The van der Waals surface area contributed by atoms with Crippen LogP contribution >= 0.6 is 0 Å². The molecule has 0 N–H and O–H groups in total. The number of allylic oxidation sites excluding steroid dienone is 1. The van der Waals surface area contributed by atoms with Crippen LogP contribution in [0.25, 0.3) is 0 Å². The summed E-state index contributed by atoms with van der Waals surface area (Å²) in [5.74, 6) is 1.06. The molecule has 2 atom stereocenters. The fourth-order valence-corrected chi connectivity index (χ4v) is 2.45. The van der Waals surface area contributed by atoms with Gasteiger partial charge in [-0.3, -0.25) is 0 Å². The molecule has 3 rings (SSSR count). The Bertz CT molecular complexity index is 449. The van der Waals surface area contributed by atoms with E-state index in [4.69, 9.17) is 0 Å². The van der Waals surface area contributed by atoms with Gasteiger partial charge in [-0.15, -0.1) is 0 Å². The van der Waals surface area contributed by atoms with Crippen molar-refractivity contribution >= 4 is 0 Å². The van der Waals surface area contributed by atoms with Crippen LogP contribution in [0.3, 0.4) is 0 Å². The van der Waals surface area contributed by atoms with Crippen LogP contribution in [-0.4, -0.2) is 0 Å². The lowest BCUT2D eigenvalue weighted by Gasteiger charge is -1.99. The van der Waals surface area contributed by atoms with Crippen molar-refractivity contribution in [1.29, 1.82) is 0 Å². The smallest absolute Gasteiger partial charge is 0.0158 e. The van der Waals surface area contributed by atoms with Gasteiger partial charge in [-0.1, -0.05) is 72.8 Å². The molecule has 16 heavy (non-hydrogen) atoms. The zero-order chi connectivity index (χ0) is 11.0. The topological polar surface area (TPSA) is 0 Å². The molecular formula is C16H14. The fourth-order valence-electron chi connectivity index (χ4n) is 2.45. The van der Waals surface area contributed by atoms with Gasteiger partial charge in [0.15, 0.2) is 0 Å². The molecule has 0 spiro atoms. The molecule has 0 aromatic heterocycles. The lowest BCUT2D eigenvalue weighted by Crippen LogP contribution is -1.82. The van der Waals surface area contributed by atoms with E-state index in [1.165, 1.54) is 16.7 Å². The average molecular weight is 206 g/mol. The van der Waals surface area contributed by atoms with E-state index in [2.05, 4.69) is 67.2 Å². The van der Waals surface area contributed by atoms with Crippen LogP contribution in [0.15, 0.2) is 72.8 Å². The highest BCUT2D eigenvalue weighted by Gasteiger charge is 2.43. The summed E-state index contributed by atoms with van der Waals surface area (Å²) in [6, 6.07) is 21.3. The van der Waals surface area contributed by atoms with Gasteiger partial charge < -0.3 is 0 Å². The van der Waals surface area contributed by atoms with E-state index >= 15 is 0 Å². The van der Waals surface area contributed by atoms with E-state index in [0.717, 1.165) is 0 Å². The first-order valence-electron chi connectivity index (χ1n) is 5.66. The van der Waals surface area contributed by atoms with Gasteiger partial charge in [-0.2, -0.15) is 0 Å². The van der Waals surface area contributed by atoms with Gasteiger partial charge in [0.1, 0.15) is 0 Å². The molecule has 2 aromatic rings. The monoisotopic (exact) mass is 206 g/mol. The zero-order valence-corrected chi connectivity index (χ0v) is 9.14. The second kappa shape index (κ2) is 3.64. The predicted molar refractivity (Wildman–Crippen MR) is 67.5 cm³/mol. The molecule has 1 aliphatic carbocycles. The maximum absolute atomic E-state index is 4.18. The molecule has 1 saturated carbocycles. The molecule has 0 heteroatoms. The highest BCUT2D eigenvalue weighted by atomic mass is 14.5. The first-order chi connectivity index (χ1) is 7.88. The molecule has 1 aliphatic rings. The van der Waals surface area contributed by atoms with E-state index in [9.17, 15) is 0 Å². The minimum absolute atomic E-state index is 0.531. The third kappa shape index (κ3) is 1.47. The molecule has 78 valence electrons. The van der Waals surface area contributed by atoms with Crippen molar-refractivity contribution in [3.8, 4) is 0 Å². The maximum Gasteiger partial charge on any atom is 0.0158 e. The molecule has 1 fully saturated rings. The third-order valence-corrected chi connectivity index (χ3v) is 3.34. The van der Waals surface area contributed by atoms with E-state index in [-0.39, 0.29) is 0 Å². The molecule has 0 unspecified atom stereocenters. The summed E-state index contributed by atoms with van der Waals surface area (Å²) in [7, 11) is 0. The first kappa shape index (κ1) is 9.41. The highest BCUT2D eigenvalue weighted by Crippen LogP contribution is 2.58. The first-order valence-corrected chi connectivity index (χ1v) is 5.66. The van der Waals surface area contributed by atoms with Gasteiger partial charge >= 0.3 is 0 Å². The van der Waals surface area contributed by atoms with Gasteiger partial charge in [-0.05, 0) is 11.1 Å². The lowest BCUT2D eigenvalue weighted by atomic mass is 10.0. The van der Waals surface area contributed by atoms with Gasteiger partial charge in [0.05, 0.1) is 0 Å². The number of hydrogen-bond donors (Lipinski definition) is 0. The van der Waals surface area contributed by atoms with Gasteiger partial charge in [0.2, 0.25) is 0 Å². The lowest BCUT2D eigenvalue weighted by molar-refractivity contribution is 1.03. The summed E-state index contributed by atoms with van der Waals surface area (Å²) in [5.41, 5.74) is 4.13. The molecule has 0 amide bonds. The van der Waals surface area contributed by atoms with Crippen LogP contribution in [0.4, 0.5) is 0 Å². The normalized spacial score (nSPS) is 23.1. The molecular weight excluding hydrogens is 192 g/mol. The van der Waals surface area contributed by atoms with Crippen molar-refractivity contribution in [3.05, 3.63) is 83.9 Å². The second-order valence-corrected chi connectivity index (χ2v) is 4.35. The summed E-state index contributed by atoms with van der Waals surface area (Å²) in [6.07, 6.45) is 0. The van der Waals surface area contributed by atoms with Crippen LogP contribution in [0, 0.1) is 0 Å². The second-order valence-electron chi connectivity index (χ2n) is 4.35. The molecule has 0 saturated heterocycles. The third-order valence-electron chi connectivity index (χ3n) is 3.34. The van der Waals surface area contributed by atoms with Crippen molar-refractivity contribution in [1.82, 2.24) is 0 Å². The Morgan fingerprint density at radius 1 is 0.625 bits per heavy atom. The van der Waals surface area contributed by atoms with E-state index in [1.54, 1.807) is 0 Å². The number of hydrogen-bond acceptors (Lipinski definition) is 0. The van der Waals surface area contributed by atoms with Crippen molar-refractivity contribution < 1.29 is 0 Å². The molecule has 0 bridgehead atoms. The molecule has 0 aliphatic heterocycles. The van der Waals surface area contributed by atoms with E-state index in [0.29, 0.717) is 11.8 Å². The highest BCUT2D eigenvalue weighted by molar-refractivity contribution is 5.53. The van der Waals surface area contributed by atoms with Gasteiger partial charge in [-0.25, -0.2) is 0 Å². The predicted octanol–water partition coefficient (Wildman–Crippen LogP) is 4.12. The molecule has 2 aromatic carbocycles. The largest absolute Gasteiger partial charge is 0.0986 e. The zero-order valence-electron chi connectivity index (χ0n) is 9.14. The molecule has 0 radical (unpaired) electrons. The summed E-state index contributed by atoms with van der Waals surface area (Å²) < 4.78 is 0. The Labute approximate surface area is 96.3 Å². The quantitative estimate of drug-likeness (QED) is 0.648. The van der Waals surface area contributed by atoms with Crippen molar-refractivity contribution in [2.75, 3.05) is 0 Å². The van der Waals surface area contributed by atoms with Crippen LogP contribution in [0.1, 0.15) is 23.0 Å². The summed E-state index contributed by atoms with van der Waals surface area (Å²) in [4.78, 5) is 0. The molecule has 0 heterocycles. The van der Waals surface area contributed by atoms with Crippen LogP contribution < -0.4 is 0 Å². The van der Waals surface area contributed by atoms with Crippen LogP contribution in [-0.2, 0) is 0 Å². The fraction of sp³-hybridized carbons (Fsp3) is 0.125. The Morgan fingerprint density at radius 2 is 1.00 bits per heavy atom. The number of rotatable bonds is 2. The average Bonchev–Trinajstić information content (AvgIpc) is 3.03.